The molecule has 7 heteroatoms. The van der Waals surface area contributed by atoms with Crippen LogP contribution in [0.4, 0.5) is 0 Å². The minimum Gasteiger partial charge on any atom is -0.357 e. The number of guanidine groups is 1. The first kappa shape index (κ1) is 19.7. The van der Waals surface area contributed by atoms with Gasteiger partial charge in [0.1, 0.15) is 0 Å². The molecule has 2 atom stereocenters. The summed E-state index contributed by atoms with van der Waals surface area (Å²) >= 11 is 0. The minimum atomic E-state index is -3.16. The molecule has 2 N–H and O–H groups in total. The molecule has 6 nitrogen and oxygen atoms in total. The Hall–Kier alpha value is -1.60. The second-order valence-electron chi connectivity index (χ2n) is 6.63. The number of sulfonamides is 1. The third-order valence-corrected chi connectivity index (χ3v) is 5.23. The van der Waals surface area contributed by atoms with Gasteiger partial charge in [-0.15, -0.1) is 0 Å². The zero-order valence-corrected chi connectivity index (χ0v) is 16.2. The fourth-order valence-corrected chi connectivity index (χ4v) is 3.81. The first-order valence-corrected chi connectivity index (χ1v) is 10.8. The topological polar surface area (TPSA) is 73.8 Å². The van der Waals surface area contributed by atoms with Gasteiger partial charge < -0.3 is 10.2 Å². The number of rotatable bonds is 6. The molecule has 140 valence electrons. The first-order chi connectivity index (χ1) is 11.9. The van der Waals surface area contributed by atoms with E-state index in [1.165, 1.54) is 5.56 Å². The first-order valence-electron chi connectivity index (χ1n) is 8.93. The average Bonchev–Trinajstić information content (AvgIpc) is 2.57. The van der Waals surface area contributed by atoms with Gasteiger partial charge in [0.2, 0.25) is 10.0 Å². The van der Waals surface area contributed by atoms with Gasteiger partial charge in [-0.2, -0.15) is 0 Å². The Kier molecular flexibility index (Phi) is 7.25. The average molecular weight is 367 g/mol. The maximum Gasteiger partial charge on any atom is 0.208 e. The third-order valence-electron chi connectivity index (χ3n) is 4.51. The van der Waals surface area contributed by atoms with Gasteiger partial charge in [-0.3, -0.25) is 4.99 Å². The Morgan fingerprint density at radius 2 is 2.04 bits per heavy atom. The van der Waals surface area contributed by atoms with Crippen molar-refractivity contribution in [3.05, 3.63) is 35.9 Å². The van der Waals surface area contributed by atoms with E-state index in [0.717, 1.165) is 38.3 Å². The van der Waals surface area contributed by atoms with Crippen LogP contribution in [0.2, 0.25) is 0 Å². The summed E-state index contributed by atoms with van der Waals surface area (Å²) in [5.41, 5.74) is 1.41. The zero-order valence-electron chi connectivity index (χ0n) is 15.4. The fraction of sp³-hybridized carbons (Fsp3) is 0.611. The molecule has 0 saturated carbocycles. The van der Waals surface area contributed by atoms with Crippen LogP contribution in [0.5, 0.6) is 0 Å². The third kappa shape index (κ3) is 6.32. The number of hydrogen-bond acceptors (Lipinski definition) is 3. The molecule has 0 spiro atoms. The number of piperidine rings is 1. The summed E-state index contributed by atoms with van der Waals surface area (Å²) in [6.45, 7) is 7.79. The molecule has 1 aliphatic heterocycles. The predicted octanol–water partition coefficient (Wildman–Crippen LogP) is 1.63. The van der Waals surface area contributed by atoms with E-state index in [1.54, 1.807) is 0 Å². The molecule has 1 saturated heterocycles. The number of nitrogens with one attached hydrogen (secondary N) is 2. The van der Waals surface area contributed by atoms with Crippen molar-refractivity contribution in [3.8, 4) is 0 Å². The van der Waals surface area contributed by atoms with Crippen molar-refractivity contribution in [2.75, 3.05) is 39.0 Å². The van der Waals surface area contributed by atoms with Crippen LogP contribution in [-0.2, 0) is 10.0 Å². The second kappa shape index (κ2) is 9.20. The molecule has 1 aromatic carbocycles. The monoisotopic (exact) mass is 366 g/mol. The van der Waals surface area contributed by atoms with Crippen LogP contribution in [0, 0.1) is 5.92 Å². The highest BCUT2D eigenvalue weighted by molar-refractivity contribution is 7.88. The molecule has 25 heavy (non-hydrogen) atoms. The molecule has 2 rings (SSSR count). The smallest absolute Gasteiger partial charge is 0.208 e. The van der Waals surface area contributed by atoms with Crippen molar-refractivity contribution in [2.24, 2.45) is 10.9 Å². The van der Waals surface area contributed by atoms with Gasteiger partial charge in [-0.25, -0.2) is 13.1 Å². The Bertz CT molecular complexity index is 661. The molecule has 0 aromatic heterocycles. The highest BCUT2D eigenvalue weighted by Crippen LogP contribution is 2.32. The van der Waals surface area contributed by atoms with Crippen LogP contribution < -0.4 is 10.0 Å². The highest BCUT2D eigenvalue weighted by atomic mass is 32.2. The Balaban J connectivity index is 1.96. The van der Waals surface area contributed by atoms with E-state index in [2.05, 4.69) is 57.2 Å². The second-order valence-corrected chi connectivity index (χ2v) is 8.46. The summed E-state index contributed by atoms with van der Waals surface area (Å²) in [4.78, 5) is 6.86. The minimum absolute atomic E-state index is 0.323. The van der Waals surface area contributed by atoms with Crippen molar-refractivity contribution >= 4 is 16.0 Å². The maximum atomic E-state index is 11.1. The van der Waals surface area contributed by atoms with Crippen molar-refractivity contribution in [1.29, 1.82) is 0 Å². The molecule has 1 fully saturated rings. The fourth-order valence-electron chi connectivity index (χ4n) is 3.35. The number of likely N-dealkylation sites (tertiary alicyclic amines) is 1. The lowest BCUT2D eigenvalue weighted by molar-refractivity contribution is 0.234. The number of benzene rings is 1. The lowest BCUT2D eigenvalue weighted by Gasteiger charge is -2.39. The van der Waals surface area contributed by atoms with Crippen LogP contribution in [0.1, 0.15) is 31.7 Å². The van der Waals surface area contributed by atoms with Crippen LogP contribution in [0.3, 0.4) is 0 Å². The molecule has 1 aromatic rings. The lowest BCUT2D eigenvalue weighted by atomic mass is 9.82. The predicted molar refractivity (Wildman–Crippen MR) is 103 cm³/mol. The van der Waals surface area contributed by atoms with Gasteiger partial charge in [0.05, 0.1) is 12.8 Å². The van der Waals surface area contributed by atoms with E-state index in [-0.39, 0.29) is 0 Å². The molecular weight excluding hydrogens is 336 g/mol. The van der Waals surface area contributed by atoms with Crippen molar-refractivity contribution < 1.29 is 8.42 Å². The van der Waals surface area contributed by atoms with Crippen LogP contribution in [0.25, 0.3) is 0 Å². The van der Waals surface area contributed by atoms with Gasteiger partial charge >= 0.3 is 0 Å². The summed E-state index contributed by atoms with van der Waals surface area (Å²) < 4.78 is 24.7. The van der Waals surface area contributed by atoms with E-state index in [4.69, 9.17) is 0 Å². The quantitative estimate of drug-likeness (QED) is 0.456. The molecule has 2 unspecified atom stereocenters. The standard InChI is InChI=1S/C18H30N4O2S/c1-4-19-18(20-11-12-21-25(3,23)24)22-13-10-17(15(2)14-22)16-8-6-5-7-9-16/h5-9,15,17,21H,4,10-14H2,1-3H3,(H,19,20). The number of hydrogen-bond donors (Lipinski definition) is 2. The van der Waals surface area contributed by atoms with Gasteiger partial charge in [0.25, 0.3) is 0 Å². The normalized spacial score (nSPS) is 22.0. The van der Waals surface area contributed by atoms with E-state index >= 15 is 0 Å². The van der Waals surface area contributed by atoms with E-state index in [9.17, 15) is 8.42 Å². The molecule has 0 radical (unpaired) electrons. The zero-order chi connectivity index (χ0) is 18.3. The van der Waals surface area contributed by atoms with Crippen LogP contribution in [0.15, 0.2) is 35.3 Å². The Morgan fingerprint density at radius 1 is 1.32 bits per heavy atom. The molecule has 0 bridgehead atoms. The molecule has 0 aliphatic carbocycles. The summed E-state index contributed by atoms with van der Waals surface area (Å²) in [5, 5.41) is 3.32. The Morgan fingerprint density at radius 3 is 2.64 bits per heavy atom. The summed E-state index contributed by atoms with van der Waals surface area (Å²) in [7, 11) is -3.16. The van der Waals surface area contributed by atoms with Crippen molar-refractivity contribution in [2.45, 2.75) is 26.2 Å². The van der Waals surface area contributed by atoms with E-state index in [1.807, 2.05) is 6.92 Å². The molecule has 1 heterocycles. The van der Waals surface area contributed by atoms with Crippen molar-refractivity contribution in [1.82, 2.24) is 14.9 Å². The molecule has 0 amide bonds. The summed E-state index contributed by atoms with van der Waals surface area (Å²) in [6.07, 6.45) is 2.26. The van der Waals surface area contributed by atoms with E-state index < -0.39 is 10.0 Å². The summed E-state index contributed by atoms with van der Waals surface area (Å²) in [6, 6.07) is 10.7. The van der Waals surface area contributed by atoms with Gasteiger partial charge in [0.15, 0.2) is 5.96 Å². The van der Waals surface area contributed by atoms with E-state index in [0.29, 0.717) is 24.9 Å². The largest absolute Gasteiger partial charge is 0.357 e. The SMILES string of the molecule is CCNC(=NCCNS(C)(=O)=O)N1CCC(c2ccccc2)C(C)C1. The van der Waals surface area contributed by atoms with Gasteiger partial charge in [-0.1, -0.05) is 37.3 Å². The maximum absolute atomic E-state index is 11.1. The number of aliphatic imine (C=N–C) groups is 1. The molecular formula is C18H30N4O2S. The summed E-state index contributed by atoms with van der Waals surface area (Å²) in [5.74, 6) is 1.98. The lowest BCUT2D eigenvalue weighted by Crippen LogP contribution is -2.48. The van der Waals surface area contributed by atoms with Gasteiger partial charge in [-0.05, 0) is 30.7 Å². The molecule has 1 aliphatic rings. The van der Waals surface area contributed by atoms with Crippen molar-refractivity contribution in [3.63, 3.8) is 0 Å². The number of nitrogens with zero attached hydrogens (tertiary/aromatic N) is 2. The Labute approximate surface area is 151 Å². The highest BCUT2D eigenvalue weighted by Gasteiger charge is 2.28. The van der Waals surface area contributed by atoms with Crippen LogP contribution >= 0.6 is 0 Å². The van der Waals surface area contributed by atoms with Crippen LogP contribution in [-0.4, -0.2) is 58.3 Å². The van der Waals surface area contributed by atoms with Gasteiger partial charge in [0, 0.05) is 26.2 Å².